The summed E-state index contributed by atoms with van der Waals surface area (Å²) < 4.78 is 11.2. The minimum atomic E-state index is -0.191. The Labute approximate surface area is 162 Å². The molecular formula is C20H25BrN2O3. The predicted molar refractivity (Wildman–Crippen MR) is 105 cm³/mol. The molecule has 2 aromatic rings. The molecule has 1 N–H and O–H groups in total. The monoisotopic (exact) mass is 420 g/mol. The van der Waals surface area contributed by atoms with E-state index in [9.17, 15) is 4.79 Å². The quantitative estimate of drug-likeness (QED) is 0.752. The van der Waals surface area contributed by atoms with Gasteiger partial charge in [0.2, 0.25) is 0 Å². The van der Waals surface area contributed by atoms with Crippen molar-refractivity contribution >= 4 is 21.8 Å². The molecule has 26 heavy (non-hydrogen) atoms. The number of carbonyl (C=O) groups excluding carboxylic acids is 1. The summed E-state index contributed by atoms with van der Waals surface area (Å²) in [5.74, 6) is 0.970. The van der Waals surface area contributed by atoms with Crippen LogP contribution in [0.5, 0.6) is 5.75 Å². The number of halogens is 1. The van der Waals surface area contributed by atoms with Gasteiger partial charge in [-0.2, -0.15) is 0 Å². The van der Waals surface area contributed by atoms with Gasteiger partial charge in [0.1, 0.15) is 5.75 Å². The molecule has 2 heterocycles. The number of hydrogen-bond acceptors (Lipinski definition) is 4. The van der Waals surface area contributed by atoms with Gasteiger partial charge < -0.3 is 14.5 Å². The van der Waals surface area contributed by atoms with Crippen molar-refractivity contribution in [3.8, 4) is 5.75 Å². The van der Waals surface area contributed by atoms with Crippen molar-refractivity contribution in [1.82, 2.24) is 10.2 Å². The van der Waals surface area contributed by atoms with E-state index in [0.717, 1.165) is 18.8 Å². The third-order valence-electron chi connectivity index (χ3n) is 4.83. The number of methoxy groups -OCH3 is 1. The molecule has 0 aliphatic carbocycles. The van der Waals surface area contributed by atoms with Gasteiger partial charge in [-0.05, 0) is 71.7 Å². The van der Waals surface area contributed by atoms with Crippen LogP contribution < -0.4 is 10.1 Å². The van der Waals surface area contributed by atoms with Gasteiger partial charge in [0.05, 0.1) is 13.2 Å². The van der Waals surface area contributed by atoms with E-state index in [1.165, 1.54) is 31.2 Å². The Kier molecular flexibility index (Phi) is 6.74. The van der Waals surface area contributed by atoms with Crippen LogP contribution in [-0.2, 0) is 0 Å². The second kappa shape index (κ2) is 9.24. The normalized spacial score (nSPS) is 16.7. The molecule has 1 atom stereocenters. The van der Waals surface area contributed by atoms with Gasteiger partial charge in [0, 0.05) is 6.54 Å². The number of nitrogens with one attached hydrogen (secondary N) is 1. The van der Waals surface area contributed by atoms with Gasteiger partial charge in [-0.3, -0.25) is 9.69 Å². The SMILES string of the molecule is COc1ccc([C@H](CNC(=O)c2ccc(Br)o2)N2CCCCCC2)cc1. The lowest BCUT2D eigenvalue weighted by Gasteiger charge is -2.31. The molecule has 1 aliphatic heterocycles. The van der Waals surface area contributed by atoms with Gasteiger partial charge in [-0.1, -0.05) is 25.0 Å². The van der Waals surface area contributed by atoms with Crippen molar-refractivity contribution in [2.75, 3.05) is 26.7 Å². The fraction of sp³-hybridized carbons (Fsp3) is 0.450. The number of furan rings is 1. The maximum absolute atomic E-state index is 12.4. The van der Waals surface area contributed by atoms with Crippen LogP contribution in [0.3, 0.4) is 0 Å². The van der Waals surface area contributed by atoms with Crippen molar-refractivity contribution < 1.29 is 13.9 Å². The molecule has 3 rings (SSSR count). The summed E-state index contributed by atoms with van der Waals surface area (Å²) >= 11 is 3.24. The molecule has 0 spiro atoms. The first-order valence-corrected chi connectivity index (χ1v) is 9.88. The summed E-state index contributed by atoms with van der Waals surface area (Å²) in [6, 6.07) is 11.7. The zero-order valence-corrected chi connectivity index (χ0v) is 16.6. The van der Waals surface area contributed by atoms with Gasteiger partial charge in [0.25, 0.3) is 5.91 Å². The van der Waals surface area contributed by atoms with Crippen LogP contribution in [0.25, 0.3) is 0 Å². The zero-order chi connectivity index (χ0) is 18.4. The molecule has 1 amide bonds. The van der Waals surface area contributed by atoms with E-state index in [-0.39, 0.29) is 11.9 Å². The number of amides is 1. The summed E-state index contributed by atoms with van der Waals surface area (Å²) in [6.45, 7) is 2.65. The Morgan fingerprint density at radius 1 is 1.15 bits per heavy atom. The molecule has 0 unspecified atom stereocenters. The molecule has 140 valence electrons. The Hall–Kier alpha value is -1.79. The van der Waals surface area contributed by atoms with E-state index in [1.807, 2.05) is 12.1 Å². The van der Waals surface area contributed by atoms with Crippen molar-refractivity contribution in [3.63, 3.8) is 0 Å². The summed E-state index contributed by atoms with van der Waals surface area (Å²) in [5, 5.41) is 3.03. The molecular weight excluding hydrogens is 396 g/mol. The highest BCUT2D eigenvalue weighted by Gasteiger charge is 2.23. The lowest BCUT2D eigenvalue weighted by Crippen LogP contribution is -2.38. The fourth-order valence-electron chi connectivity index (χ4n) is 3.40. The Bertz CT molecular complexity index is 706. The summed E-state index contributed by atoms with van der Waals surface area (Å²) in [6.07, 6.45) is 4.95. The fourth-order valence-corrected chi connectivity index (χ4v) is 3.71. The average molecular weight is 421 g/mol. The Morgan fingerprint density at radius 3 is 2.42 bits per heavy atom. The first-order chi connectivity index (χ1) is 12.7. The number of hydrogen-bond donors (Lipinski definition) is 1. The first kappa shape index (κ1) is 19.0. The molecule has 1 aromatic carbocycles. The van der Waals surface area contributed by atoms with Crippen molar-refractivity contribution in [1.29, 1.82) is 0 Å². The summed E-state index contributed by atoms with van der Waals surface area (Å²) in [5.41, 5.74) is 1.19. The molecule has 0 saturated carbocycles. The number of carbonyl (C=O) groups is 1. The number of rotatable bonds is 6. The summed E-state index contributed by atoms with van der Waals surface area (Å²) in [7, 11) is 1.67. The third kappa shape index (κ3) is 4.89. The molecule has 0 radical (unpaired) electrons. The lowest BCUT2D eigenvalue weighted by molar-refractivity contribution is 0.0904. The highest BCUT2D eigenvalue weighted by molar-refractivity contribution is 9.10. The summed E-state index contributed by atoms with van der Waals surface area (Å²) in [4.78, 5) is 14.9. The smallest absolute Gasteiger partial charge is 0.287 e. The molecule has 1 saturated heterocycles. The standard InChI is InChI=1S/C20H25BrN2O3/c1-25-16-8-6-15(7-9-16)17(23-12-4-2-3-5-13-23)14-22-20(24)18-10-11-19(21)26-18/h6-11,17H,2-5,12-14H2,1H3,(H,22,24)/t17-/m0/s1. The van der Waals surface area contributed by atoms with E-state index in [2.05, 4.69) is 38.3 Å². The number of likely N-dealkylation sites (tertiary alicyclic amines) is 1. The Morgan fingerprint density at radius 2 is 1.85 bits per heavy atom. The third-order valence-corrected chi connectivity index (χ3v) is 5.26. The maximum Gasteiger partial charge on any atom is 0.287 e. The molecule has 0 bridgehead atoms. The minimum absolute atomic E-state index is 0.140. The number of benzene rings is 1. The van der Waals surface area contributed by atoms with E-state index >= 15 is 0 Å². The van der Waals surface area contributed by atoms with Crippen LogP contribution in [0.15, 0.2) is 45.5 Å². The molecule has 1 aromatic heterocycles. The maximum atomic E-state index is 12.4. The number of ether oxygens (including phenoxy) is 1. The second-order valence-electron chi connectivity index (χ2n) is 6.55. The molecule has 5 nitrogen and oxygen atoms in total. The van der Waals surface area contributed by atoms with Crippen LogP contribution in [-0.4, -0.2) is 37.6 Å². The Balaban J connectivity index is 1.74. The van der Waals surface area contributed by atoms with E-state index in [4.69, 9.17) is 9.15 Å². The van der Waals surface area contributed by atoms with Crippen LogP contribution in [0.2, 0.25) is 0 Å². The lowest BCUT2D eigenvalue weighted by atomic mass is 10.0. The van der Waals surface area contributed by atoms with Gasteiger partial charge >= 0.3 is 0 Å². The highest BCUT2D eigenvalue weighted by atomic mass is 79.9. The zero-order valence-electron chi connectivity index (χ0n) is 15.0. The van der Waals surface area contributed by atoms with Crippen LogP contribution >= 0.6 is 15.9 Å². The van der Waals surface area contributed by atoms with E-state index in [0.29, 0.717) is 17.0 Å². The number of nitrogens with zero attached hydrogens (tertiary/aromatic N) is 1. The average Bonchev–Trinajstić information content (AvgIpc) is 2.93. The van der Waals surface area contributed by atoms with Gasteiger partial charge in [-0.25, -0.2) is 0 Å². The van der Waals surface area contributed by atoms with Gasteiger partial charge in [0.15, 0.2) is 10.4 Å². The molecule has 1 aliphatic rings. The first-order valence-electron chi connectivity index (χ1n) is 9.09. The molecule has 1 fully saturated rings. The van der Waals surface area contributed by atoms with E-state index in [1.54, 1.807) is 19.2 Å². The predicted octanol–water partition coefficient (Wildman–Crippen LogP) is 4.40. The van der Waals surface area contributed by atoms with Crippen LogP contribution in [0.4, 0.5) is 0 Å². The van der Waals surface area contributed by atoms with Crippen molar-refractivity contribution in [2.45, 2.75) is 31.7 Å². The second-order valence-corrected chi connectivity index (χ2v) is 7.33. The van der Waals surface area contributed by atoms with Crippen molar-refractivity contribution in [2.24, 2.45) is 0 Å². The topological polar surface area (TPSA) is 54.7 Å². The highest BCUT2D eigenvalue weighted by Crippen LogP contribution is 2.26. The molecule has 6 heteroatoms. The van der Waals surface area contributed by atoms with Crippen LogP contribution in [0.1, 0.15) is 47.8 Å². The van der Waals surface area contributed by atoms with Crippen molar-refractivity contribution in [3.05, 3.63) is 52.4 Å². The largest absolute Gasteiger partial charge is 0.497 e. The van der Waals surface area contributed by atoms with E-state index < -0.39 is 0 Å². The van der Waals surface area contributed by atoms with Crippen LogP contribution in [0, 0.1) is 0 Å². The minimum Gasteiger partial charge on any atom is -0.497 e. The van der Waals surface area contributed by atoms with Gasteiger partial charge in [-0.15, -0.1) is 0 Å².